The second-order valence-electron chi connectivity index (χ2n) is 5.44. The van der Waals surface area contributed by atoms with Gasteiger partial charge in [-0.2, -0.15) is 0 Å². The fraction of sp³-hybridized carbons (Fsp3) is 0.571. The van der Waals surface area contributed by atoms with E-state index in [1.165, 1.54) is 0 Å². The maximum Gasteiger partial charge on any atom is 0.329 e. The van der Waals surface area contributed by atoms with E-state index in [1.54, 1.807) is 12.1 Å². The number of rotatable bonds is 4. The third kappa shape index (κ3) is 2.50. The average molecular weight is 264 g/mol. The molecule has 1 aliphatic rings. The van der Waals surface area contributed by atoms with Crippen LogP contribution in [0.5, 0.6) is 0 Å². The first-order valence-electron chi connectivity index (χ1n) is 6.69. The molecular weight excluding hydrogens is 244 g/mol. The molecule has 0 saturated heterocycles. The van der Waals surface area contributed by atoms with Crippen LogP contribution in [0.2, 0.25) is 0 Å². The molecular formula is C14H20N2O3. The highest BCUT2D eigenvalue weighted by molar-refractivity contribution is 5.96. The van der Waals surface area contributed by atoms with Crippen molar-refractivity contribution >= 4 is 11.9 Å². The molecule has 1 heterocycles. The Morgan fingerprint density at radius 1 is 1.37 bits per heavy atom. The predicted molar refractivity (Wildman–Crippen MR) is 71.1 cm³/mol. The van der Waals surface area contributed by atoms with Crippen molar-refractivity contribution in [3.63, 3.8) is 0 Å². The quantitative estimate of drug-likeness (QED) is 0.875. The molecule has 2 N–H and O–H groups in total. The Hall–Kier alpha value is -1.78. The maximum absolute atomic E-state index is 12.3. The van der Waals surface area contributed by atoms with Crippen LogP contribution in [0.4, 0.5) is 0 Å². The van der Waals surface area contributed by atoms with E-state index in [0.717, 1.165) is 12.8 Å². The van der Waals surface area contributed by atoms with Gasteiger partial charge in [0.2, 0.25) is 0 Å². The maximum atomic E-state index is 12.3. The highest BCUT2D eigenvalue weighted by Crippen LogP contribution is 2.30. The van der Waals surface area contributed by atoms with Crippen molar-refractivity contribution in [3.8, 4) is 0 Å². The standard InChI is InChI=1S/C14H20N2O3/c1-10(2)16-9-5-6-11(16)12(17)15-14(13(18)19)7-3-4-8-14/h5-6,9-10H,3-4,7-8H2,1-2H3,(H,15,17)(H,18,19). The van der Waals surface area contributed by atoms with Crippen LogP contribution in [0.25, 0.3) is 0 Å². The van der Waals surface area contributed by atoms with Crippen LogP contribution < -0.4 is 5.32 Å². The fourth-order valence-electron chi connectivity index (χ4n) is 2.69. The Morgan fingerprint density at radius 2 is 2.00 bits per heavy atom. The van der Waals surface area contributed by atoms with Crippen LogP contribution in [0.15, 0.2) is 18.3 Å². The molecule has 0 aromatic carbocycles. The van der Waals surface area contributed by atoms with Crippen molar-refractivity contribution in [2.45, 2.75) is 51.1 Å². The number of aliphatic carboxylic acids is 1. The van der Waals surface area contributed by atoms with E-state index in [1.807, 2.05) is 24.6 Å². The summed E-state index contributed by atoms with van der Waals surface area (Å²) in [5.41, 5.74) is -0.564. The zero-order chi connectivity index (χ0) is 14.0. The van der Waals surface area contributed by atoms with Gasteiger partial charge < -0.3 is 15.0 Å². The van der Waals surface area contributed by atoms with Gasteiger partial charge in [-0.3, -0.25) is 4.79 Å². The van der Waals surface area contributed by atoms with Crippen LogP contribution in [-0.4, -0.2) is 27.1 Å². The fourth-order valence-corrected chi connectivity index (χ4v) is 2.69. The van der Waals surface area contributed by atoms with E-state index in [-0.39, 0.29) is 11.9 Å². The van der Waals surface area contributed by atoms with E-state index >= 15 is 0 Å². The number of aromatic nitrogens is 1. The normalized spacial score (nSPS) is 17.6. The molecule has 5 heteroatoms. The van der Waals surface area contributed by atoms with E-state index in [9.17, 15) is 14.7 Å². The lowest BCUT2D eigenvalue weighted by Crippen LogP contribution is -2.52. The second-order valence-corrected chi connectivity index (χ2v) is 5.44. The van der Waals surface area contributed by atoms with Crippen LogP contribution in [0, 0.1) is 0 Å². The van der Waals surface area contributed by atoms with E-state index in [4.69, 9.17) is 0 Å². The number of hydrogen-bond donors (Lipinski definition) is 2. The molecule has 0 bridgehead atoms. The summed E-state index contributed by atoms with van der Waals surface area (Å²) >= 11 is 0. The van der Waals surface area contributed by atoms with Crippen molar-refractivity contribution in [2.75, 3.05) is 0 Å². The van der Waals surface area contributed by atoms with Gasteiger partial charge in [0.15, 0.2) is 0 Å². The highest BCUT2D eigenvalue weighted by atomic mass is 16.4. The summed E-state index contributed by atoms with van der Waals surface area (Å²) in [7, 11) is 0. The SMILES string of the molecule is CC(C)n1cccc1C(=O)NC1(C(=O)O)CCCC1. The van der Waals surface area contributed by atoms with E-state index in [2.05, 4.69) is 5.32 Å². The first-order valence-corrected chi connectivity index (χ1v) is 6.69. The van der Waals surface area contributed by atoms with Gasteiger partial charge in [-0.05, 0) is 38.8 Å². The van der Waals surface area contributed by atoms with Crippen molar-refractivity contribution < 1.29 is 14.7 Å². The molecule has 1 fully saturated rings. The van der Waals surface area contributed by atoms with Gasteiger partial charge in [0.25, 0.3) is 5.91 Å². The number of hydrogen-bond acceptors (Lipinski definition) is 2. The van der Waals surface area contributed by atoms with Crippen molar-refractivity contribution in [1.29, 1.82) is 0 Å². The molecule has 1 aromatic rings. The van der Waals surface area contributed by atoms with Crippen LogP contribution in [0.1, 0.15) is 56.1 Å². The molecule has 0 atom stereocenters. The van der Waals surface area contributed by atoms with Gasteiger partial charge in [-0.25, -0.2) is 4.79 Å². The minimum Gasteiger partial charge on any atom is -0.480 e. The number of nitrogens with zero attached hydrogens (tertiary/aromatic N) is 1. The molecule has 0 unspecified atom stereocenters. The van der Waals surface area contributed by atoms with Crippen LogP contribution in [0.3, 0.4) is 0 Å². The number of nitrogens with one attached hydrogen (secondary N) is 1. The third-order valence-corrected chi connectivity index (χ3v) is 3.79. The van der Waals surface area contributed by atoms with Crippen molar-refractivity contribution in [1.82, 2.24) is 9.88 Å². The third-order valence-electron chi connectivity index (χ3n) is 3.79. The Labute approximate surface area is 112 Å². The lowest BCUT2D eigenvalue weighted by Gasteiger charge is -2.26. The monoisotopic (exact) mass is 264 g/mol. The second kappa shape index (κ2) is 5.07. The average Bonchev–Trinajstić information content (AvgIpc) is 2.97. The molecule has 2 rings (SSSR count). The Kier molecular flexibility index (Phi) is 3.64. The molecule has 0 spiro atoms. The number of carboxylic acids is 1. The predicted octanol–water partition coefficient (Wildman–Crippen LogP) is 2.20. The van der Waals surface area contributed by atoms with Crippen LogP contribution >= 0.6 is 0 Å². The summed E-state index contributed by atoms with van der Waals surface area (Å²) in [5.74, 6) is -1.23. The lowest BCUT2D eigenvalue weighted by molar-refractivity contribution is -0.144. The van der Waals surface area contributed by atoms with Gasteiger partial charge in [-0.1, -0.05) is 12.8 Å². The van der Waals surface area contributed by atoms with E-state index in [0.29, 0.717) is 18.5 Å². The van der Waals surface area contributed by atoms with E-state index < -0.39 is 11.5 Å². The number of carbonyl (C=O) groups excluding carboxylic acids is 1. The molecule has 1 saturated carbocycles. The summed E-state index contributed by atoms with van der Waals surface area (Å²) in [5, 5.41) is 12.1. The minimum absolute atomic E-state index is 0.167. The zero-order valence-corrected chi connectivity index (χ0v) is 11.3. The summed E-state index contributed by atoms with van der Waals surface area (Å²) in [4.78, 5) is 23.7. The first kappa shape index (κ1) is 13.6. The molecule has 5 nitrogen and oxygen atoms in total. The van der Waals surface area contributed by atoms with Crippen LogP contribution in [-0.2, 0) is 4.79 Å². The highest BCUT2D eigenvalue weighted by Gasteiger charge is 2.43. The molecule has 1 aliphatic carbocycles. The molecule has 0 aliphatic heterocycles. The largest absolute Gasteiger partial charge is 0.480 e. The van der Waals surface area contributed by atoms with Gasteiger partial charge in [0, 0.05) is 12.2 Å². The summed E-state index contributed by atoms with van der Waals surface area (Å²) in [6.45, 7) is 3.97. The Morgan fingerprint density at radius 3 is 2.53 bits per heavy atom. The van der Waals surface area contributed by atoms with Gasteiger partial charge in [0.1, 0.15) is 11.2 Å². The van der Waals surface area contributed by atoms with Crippen molar-refractivity contribution in [3.05, 3.63) is 24.0 Å². The molecule has 104 valence electrons. The summed E-state index contributed by atoms with van der Waals surface area (Å²) < 4.78 is 1.85. The number of carbonyl (C=O) groups is 2. The lowest BCUT2D eigenvalue weighted by atomic mass is 9.97. The van der Waals surface area contributed by atoms with Gasteiger partial charge in [-0.15, -0.1) is 0 Å². The first-order chi connectivity index (χ1) is 8.96. The molecule has 1 aromatic heterocycles. The smallest absolute Gasteiger partial charge is 0.329 e. The van der Waals surface area contributed by atoms with Crippen molar-refractivity contribution in [2.24, 2.45) is 0 Å². The molecule has 1 amide bonds. The Balaban J connectivity index is 2.20. The van der Waals surface area contributed by atoms with Gasteiger partial charge in [0.05, 0.1) is 0 Å². The molecule has 19 heavy (non-hydrogen) atoms. The number of carboxylic acid groups (broad SMARTS) is 1. The topological polar surface area (TPSA) is 71.3 Å². The Bertz CT molecular complexity index is 485. The number of amides is 1. The zero-order valence-electron chi connectivity index (χ0n) is 11.3. The summed E-state index contributed by atoms with van der Waals surface area (Å²) in [6, 6.07) is 3.69. The van der Waals surface area contributed by atoms with Gasteiger partial charge >= 0.3 is 5.97 Å². The summed E-state index contributed by atoms with van der Waals surface area (Å²) in [6.07, 6.45) is 4.55. The molecule has 0 radical (unpaired) electrons. The minimum atomic E-state index is -1.08.